The van der Waals surface area contributed by atoms with E-state index >= 15 is 0 Å². The number of nitrogen functional groups attached to an aromatic ring is 1. The van der Waals surface area contributed by atoms with Gasteiger partial charge in [-0.15, -0.1) is 0 Å². The Hall–Kier alpha value is -1.09. The fraction of sp³-hybridized carbons (Fsp3) is 0.688. The monoisotopic (exact) mass is 263 g/mol. The summed E-state index contributed by atoms with van der Waals surface area (Å²) in [4.78, 5) is 6.82. The molecule has 0 aromatic carbocycles. The van der Waals surface area contributed by atoms with Crippen LogP contribution in [0.4, 0.5) is 5.82 Å². The first-order chi connectivity index (χ1) is 9.21. The molecule has 0 spiro atoms. The number of pyridine rings is 1. The van der Waals surface area contributed by atoms with E-state index in [0.717, 1.165) is 6.54 Å². The van der Waals surface area contributed by atoms with Crippen LogP contribution in [-0.2, 0) is 0 Å². The highest BCUT2D eigenvalue weighted by Gasteiger charge is 2.15. The minimum absolute atomic E-state index is 0.580. The first kappa shape index (κ1) is 16.0. The number of aromatic nitrogens is 1. The summed E-state index contributed by atoms with van der Waals surface area (Å²) < 4.78 is 0. The van der Waals surface area contributed by atoms with Gasteiger partial charge in [0, 0.05) is 12.7 Å². The van der Waals surface area contributed by atoms with E-state index in [0.29, 0.717) is 11.7 Å². The Labute approximate surface area is 118 Å². The number of hydrogen-bond acceptors (Lipinski definition) is 3. The van der Waals surface area contributed by atoms with Gasteiger partial charge < -0.3 is 10.6 Å². The van der Waals surface area contributed by atoms with E-state index in [1.807, 2.05) is 12.3 Å². The predicted octanol–water partition coefficient (Wildman–Crippen LogP) is 3.67. The van der Waals surface area contributed by atoms with Crippen molar-refractivity contribution in [2.45, 2.75) is 52.4 Å². The maximum Gasteiger partial charge on any atom is 0.123 e. The van der Waals surface area contributed by atoms with E-state index < -0.39 is 0 Å². The predicted molar refractivity (Wildman–Crippen MR) is 83.3 cm³/mol. The summed E-state index contributed by atoms with van der Waals surface area (Å²) in [5.74, 6) is 1.19. The Morgan fingerprint density at radius 1 is 1.11 bits per heavy atom. The Morgan fingerprint density at radius 2 is 1.79 bits per heavy atom. The van der Waals surface area contributed by atoms with Crippen LogP contribution in [0.5, 0.6) is 0 Å². The van der Waals surface area contributed by atoms with E-state index in [1.54, 1.807) is 0 Å². The van der Waals surface area contributed by atoms with Crippen LogP contribution in [0.25, 0.3) is 0 Å². The quantitative estimate of drug-likeness (QED) is 0.739. The zero-order chi connectivity index (χ0) is 14.1. The van der Waals surface area contributed by atoms with Crippen LogP contribution < -0.4 is 5.73 Å². The van der Waals surface area contributed by atoms with Gasteiger partial charge in [-0.2, -0.15) is 0 Å². The molecule has 0 radical (unpaired) electrons. The zero-order valence-electron chi connectivity index (χ0n) is 12.7. The molecule has 0 saturated heterocycles. The van der Waals surface area contributed by atoms with E-state index in [2.05, 4.69) is 36.7 Å². The fourth-order valence-electron chi connectivity index (χ4n) is 2.61. The molecule has 0 aliphatic rings. The van der Waals surface area contributed by atoms with Crippen LogP contribution in [0, 0.1) is 0 Å². The molecule has 1 aromatic rings. The van der Waals surface area contributed by atoms with Crippen molar-refractivity contribution in [3.8, 4) is 0 Å². The highest BCUT2D eigenvalue weighted by atomic mass is 15.1. The summed E-state index contributed by atoms with van der Waals surface area (Å²) in [6.07, 6.45) is 6.82. The Morgan fingerprint density at radius 3 is 2.26 bits per heavy atom. The smallest absolute Gasteiger partial charge is 0.123 e. The van der Waals surface area contributed by atoms with Crippen molar-refractivity contribution in [1.82, 2.24) is 9.88 Å². The van der Waals surface area contributed by atoms with Gasteiger partial charge in [0.1, 0.15) is 5.82 Å². The number of nitrogens with two attached hydrogens (primary N) is 1. The number of rotatable bonds is 9. The Bertz CT molecular complexity index is 328. The lowest BCUT2D eigenvalue weighted by Crippen LogP contribution is -2.30. The van der Waals surface area contributed by atoms with E-state index in [4.69, 9.17) is 5.73 Å². The summed E-state index contributed by atoms with van der Waals surface area (Å²) >= 11 is 0. The van der Waals surface area contributed by atoms with Crippen molar-refractivity contribution in [3.05, 3.63) is 23.9 Å². The molecule has 1 atom stereocenters. The molecular weight excluding hydrogens is 234 g/mol. The highest BCUT2D eigenvalue weighted by Crippen LogP contribution is 2.22. The Kier molecular flexibility index (Phi) is 7.49. The molecule has 1 unspecified atom stereocenters. The van der Waals surface area contributed by atoms with Crippen LogP contribution in [0.2, 0.25) is 0 Å². The van der Waals surface area contributed by atoms with Crippen molar-refractivity contribution in [2.75, 3.05) is 25.4 Å². The highest BCUT2D eigenvalue weighted by molar-refractivity contribution is 5.30. The second-order valence-corrected chi connectivity index (χ2v) is 5.30. The molecule has 1 heterocycles. The molecule has 0 fully saturated rings. The van der Waals surface area contributed by atoms with Crippen LogP contribution in [0.15, 0.2) is 18.3 Å². The van der Waals surface area contributed by atoms with Gasteiger partial charge in [0.2, 0.25) is 0 Å². The maximum atomic E-state index is 5.68. The average molecular weight is 263 g/mol. The second kappa shape index (κ2) is 8.92. The SMILES string of the molecule is CCCC(CN(CCC)CCC)c1ccc(N)nc1. The normalized spacial score (nSPS) is 12.8. The maximum absolute atomic E-state index is 5.68. The van der Waals surface area contributed by atoms with Gasteiger partial charge in [-0.05, 0) is 49.9 Å². The molecule has 0 amide bonds. The van der Waals surface area contributed by atoms with Crippen molar-refractivity contribution in [1.29, 1.82) is 0 Å². The average Bonchev–Trinajstić information content (AvgIpc) is 2.40. The summed E-state index contributed by atoms with van der Waals surface area (Å²) in [5.41, 5.74) is 7.00. The third kappa shape index (κ3) is 5.60. The summed E-state index contributed by atoms with van der Waals surface area (Å²) in [5, 5.41) is 0. The van der Waals surface area contributed by atoms with Crippen LogP contribution in [0.3, 0.4) is 0 Å². The minimum Gasteiger partial charge on any atom is -0.384 e. The lowest BCUT2D eigenvalue weighted by molar-refractivity contribution is 0.252. The van der Waals surface area contributed by atoms with Crippen LogP contribution in [0.1, 0.15) is 57.9 Å². The van der Waals surface area contributed by atoms with Gasteiger partial charge in [0.15, 0.2) is 0 Å². The summed E-state index contributed by atoms with van der Waals surface area (Å²) in [7, 11) is 0. The molecule has 3 heteroatoms. The van der Waals surface area contributed by atoms with Crippen molar-refractivity contribution in [3.63, 3.8) is 0 Å². The first-order valence-electron chi connectivity index (χ1n) is 7.65. The lowest BCUT2D eigenvalue weighted by atomic mass is 9.95. The molecule has 0 aliphatic carbocycles. The molecule has 1 aromatic heterocycles. The van der Waals surface area contributed by atoms with Crippen molar-refractivity contribution < 1.29 is 0 Å². The molecule has 0 bridgehead atoms. The van der Waals surface area contributed by atoms with Gasteiger partial charge >= 0.3 is 0 Å². The lowest BCUT2D eigenvalue weighted by Gasteiger charge is -2.27. The van der Waals surface area contributed by atoms with Crippen LogP contribution in [-0.4, -0.2) is 29.5 Å². The van der Waals surface area contributed by atoms with E-state index in [9.17, 15) is 0 Å². The molecule has 3 nitrogen and oxygen atoms in total. The topological polar surface area (TPSA) is 42.1 Å². The molecule has 0 aliphatic heterocycles. The van der Waals surface area contributed by atoms with Crippen molar-refractivity contribution >= 4 is 5.82 Å². The molecule has 108 valence electrons. The second-order valence-electron chi connectivity index (χ2n) is 5.30. The minimum atomic E-state index is 0.580. The van der Waals surface area contributed by atoms with Crippen LogP contribution >= 0.6 is 0 Å². The molecule has 2 N–H and O–H groups in total. The molecule has 0 saturated carbocycles. The Balaban J connectivity index is 2.72. The largest absolute Gasteiger partial charge is 0.384 e. The van der Waals surface area contributed by atoms with Gasteiger partial charge in [-0.1, -0.05) is 33.3 Å². The van der Waals surface area contributed by atoms with Gasteiger partial charge in [0.25, 0.3) is 0 Å². The fourth-order valence-corrected chi connectivity index (χ4v) is 2.61. The van der Waals surface area contributed by atoms with Gasteiger partial charge in [-0.3, -0.25) is 0 Å². The van der Waals surface area contributed by atoms with Gasteiger partial charge in [0.05, 0.1) is 0 Å². The number of nitrogens with zero attached hydrogens (tertiary/aromatic N) is 2. The molecule has 19 heavy (non-hydrogen) atoms. The van der Waals surface area contributed by atoms with E-state index in [-0.39, 0.29) is 0 Å². The summed E-state index contributed by atoms with van der Waals surface area (Å²) in [6.45, 7) is 10.3. The standard InChI is InChI=1S/C16H29N3/c1-4-7-15(13-19(10-5-2)11-6-3)14-8-9-16(17)18-12-14/h8-9,12,15H,4-7,10-11,13H2,1-3H3,(H2,17,18). The zero-order valence-corrected chi connectivity index (χ0v) is 12.7. The number of hydrogen-bond donors (Lipinski definition) is 1. The van der Waals surface area contributed by atoms with E-state index in [1.165, 1.54) is 44.3 Å². The van der Waals surface area contributed by atoms with Gasteiger partial charge in [-0.25, -0.2) is 4.98 Å². The molecular formula is C16H29N3. The first-order valence-corrected chi connectivity index (χ1v) is 7.65. The van der Waals surface area contributed by atoms with Crippen molar-refractivity contribution in [2.24, 2.45) is 0 Å². The molecule has 1 rings (SSSR count). The third-order valence-corrected chi connectivity index (χ3v) is 3.48. The summed E-state index contributed by atoms with van der Waals surface area (Å²) in [6, 6.07) is 4.06. The number of anilines is 1. The third-order valence-electron chi connectivity index (χ3n) is 3.48.